The molecule has 3 rings (SSSR count). The van der Waals surface area contributed by atoms with E-state index in [4.69, 9.17) is 4.74 Å². The molecule has 0 radical (unpaired) electrons. The third-order valence-corrected chi connectivity index (χ3v) is 9.92. The van der Waals surface area contributed by atoms with Crippen molar-refractivity contribution < 1.29 is 43.2 Å². The highest BCUT2D eigenvalue weighted by atomic mass is 32.2. The highest BCUT2D eigenvalue weighted by molar-refractivity contribution is 7.93. The molecule has 1 fully saturated rings. The molecular weight excluding hydrogens is 519 g/mol. The molecule has 2 heterocycles. The Bertz CT molecular complexity index is 1440. The Labute approximate surface area is 195 Å². The van der Waals surface area contributed by atoms with Gasteiger partial charge in [-0.15, -0.1) is 0 Å². The quantitative estimate of drug-likeness (QED) is 0.566. The zero-order valence-electron chi connectivity index (χ0n) is 18.3. The molecule has 8 nitrogen and oxygen atoms in total. The molecule has 0 bridgehead atoms. The molecule has 1 aromatic carbocycles. The van der Waals surface area contributed by atoms with Crippen molar-refractivity contribution in [3.05, 3.63) is 47.8 Å². The van der Waals surface area contributed by atoms with E-state index in [2.05, 4.69) is 4.98 Å². The number of alkyl halides is 3. The Balaban J connectivity index is 2.39. The number of nitrogens with zero attached hydrogens (tertiary/aromatic N) is 1. The van der Waals surface area contributed by atoms with Gasteiger partial charge < -0.3 is 4.74 Å². The van der Waals surface area contributed by atoms with Gasteiger partial charge in [-0.2, -0.15) is 13.2 Å². The number of rotatable bonds is 5. The molecular formula is C20H22F3NO7S3. The second kappa shape index (κ2) is 8.57. The van der Waals surface area contributed by atoms with Gasteiger partial charge in [0.05, 0.1) is 20.2 Å². The van der Waals surface area contributed by atoms with Gasteiger partial charge >= 0.3 is 6.18 Å². The summed E-state index contributed by atoms with van der Waals surface area (Å²) in [6.07, 6.45) is -2.94. The lowest BCUT2D eigenvalue weighted by Gasteiger charge is -2.39. The summed E-state index contributed by atoms with van der Waals surface area (Å²) in [6, 6.07) is 4.73. The fourth-order valence-corrected chi connectivity index (χ4v) is 7.55. The smallest absolute Gasteiger partial charge is 0.353 e. The maximum atomic E-state index is 13.9. The summed E-state index contributed by atoms with van der Waals surface area (Å²) in [5, 5.41) is 0. The minimum Gasteiger partial charge on any atom is -0.353 e. The summed E-state index contributed by atoms with van der Waals surface area (Å²) in [7, 11) is -12.9. The topological polar surface area (TPSA) is 125 Å². The lowest BCUT2D eigenvalue weighted by atomic mass is 9.95. The second-order valence-corrected chi connectivity index (χ2v) is 14.4. The van der Waals surface area contributed by atoms with E-state index >= 15 is 0 Å². The van der Waals surface area contributed by atoms with Crippen molar-refractivity contribution >= 4 is 29.5 Å². The van der Waals surface area contributed by atoms with Crippen LogP contribution in [0.3, 0.4) is 0 Å². The molecule has 1 aliphatic heterocycles. The van der Waals surface area contributed by atoms with Gasteiger partial charge in [0, 0.05) is 25.3 Å². The fourth-order valence-electron chi connectivity index (χ4n) is 3.75. The molecule has 0 saturated carbocycles. The second-order valence-electron chi connectivity index (χ2n) is 8.29. The first-order chi connectivity index (χ1) is 15.4. The van der Waals surface area contributed by atoms with Crippen molar-refractivity contribution in [2.24, 2.45) is 5.92 Å². The Morgan fingerprint density at radius 3 is 2.15 bits per heavy atom. The number of pyridine rings is 1. The molecule has 34 heavy (non-hydrogen) atoms. The first kappa shape index (κ1) is 26.6. The van der Waals surface area contributed by atoms with Gasteiger partial charge in [0.15, 0.2) is 19.7 Å². The van der Waals surface area contributed by atoms with Crippen LogP contribution in [-0.4, -0.2) is 49.4 Å². The number of hydrogen-bond acceptors (Lipinski definition) is 8. The SMILES string of the molecule is CC1CCOC(c2ncc(C(F)(F)F)cc2S(C)(=O)=O)(S(=O)(=O)c2cccc(S(C)(=O)=O)c2)C1. The van der Waals surface area contributed by atoms with Gasteiger partial charge in [-0.3, -0.25) is 4.98 Å². The van der Waals surface area contributed by atoms with Crippen LogP contribution in [0.5, 0.6) is 0 Å². The predicted octanol–water partition coefficient (Wildman–Crippen LogP) is 2.98. The molecule has 2 atom stereocenters. The van der Waals surface area contributed by atoms with Gasteiger partial charge in [0.2, 0.25) is 14.8 Å². The highest BCUT2D eigenvalue weighted by Gasteiger charge is 2.54. The van der Waals surface area contributed by atoms with E-state index in [1.165, 1.54) is 12.1 Å². The maximum absolute atomic E-state index is 13.9. The molecule has 0 spiro atoms. The summed E-state index contributed by atoms with van der Waals surface area (Å²) < 4.78 is 122. The van der Waals surface area contributed by atoms with Crippen LogP contribution in [0.15, 0.2) is 51.2 Å². The van der Waals surface area contributed by atoms with Crippen molar-refractivity contribution in [1.82, 2.24) is 4.98 Å². The molecule has 2 aromatic rings. The molecule has 2 unspecified atom stereocenters. The van der Waals surface area contributed by atoms with Crippen molar-refractivity contribution in [2.45, 2.75) is 45.6 Å². The van der Waals surface area contributed by atoms with Crippen LogP contribution in [0.25, 0.3) is 0 Å². The van der Waals surface area contributed by atoms with E-state index in [0.29, 0.717) is 24.9 Å². The summed E-state index contributed by atoms with van der Waals surface area (Å²) in [4.78, 5) is -0.507. The number of halogens is 3. The molecule has 14 heteroatoms. The molecule has 1 aromatic heterocycles. The molecule has 188 valence electrons. The summed E-state index contributed by atoms with van der Waals surface area (Å²) in [5.74, 6) is -0.335. The molecule has 1 saturated heterocycles. The Morgan fingerprint density at radius 2 is 1.62 bits per heavy atom. The normalized spacial score (nSPS) is 22.5. The van der Waals surface area contributed by atoms with E-state index < -0.39 is 61.7 Å². The van der Waals surface area contributed by atoms with E-state index in [9.17, 15) is 38.4 Å². The molecule has 1 aliphatic rings. The van der Waals surface area contributed by atoms with Crippen LogP contribution < -0.4 is 0 Å². The van der Waals surface area contributed by atoms with Crippen molar-refractivity contribution in [3.63, 3.8) is 0 Å². The van der Waals surface area contributed by atoms with Crippen molar-refractivity contribution in [2.75, 3.05) is 19.1 Å². The highest BCUT2D eigenvalue weighted by Crippen LogP contribution is 2.47. The minimum absolute atomic E-state index is 0.141. The average molecular weight is 542 g/mol. The first-order valence-electron chi connectivity index (χ1n) is 9.86. The maximum Gasteiger partial charge on any atom is 0.417 e. The summed E-state index contributed by atoms with van der Waals surface area (Å²) in [6.45, 7) is 1.54. The zero-order valence-corrected chi connectivity index (χ0v) is 20.8. The van der Waals surface area contributed by atoms with E-state index in [1.807, 2.05) is 0 Å². The molecule has 0 N–H and O–H groups in total. The largest absolute Gasteiger partial charge is 0.417 e. The number of ether oxygens (including phenoxy) is 1. The van der Waals surface area contributed by atoms with Gasteiger partial charge in [-0.25, -0.2) is 25.3 Å². The van der Waals surface area contributed by atoms with Gasteiger partial charge in [-0.05, 0) is 43.0 Å². The summed E-state index contributed by atoms with van der Waals surface area (Å²) >= 11 is 0. The van der Waals surface area contributed by atoms with Crippen LogP contribution in [0.4, 0.5) is 13.2 Å². The van der Waals surface area contributed by atoms with Crippen LogP contribution in [0, 0.1) is 5.92 Å². The number of aromatic nitrogens is 1. The van der Waals surface area contributed by atoms with Crippen molar-refractivity contribution in [1.29, 1.82) is 0 Å². The minimum atomic E-state index is -4.93. The zero-order chi connectivity index (χ0) is 25.7. The number of sulfone groups is 3. The van der Waals surface area contributed by atoms with Crippen LogP contribution in [0.2, 0.25) is 0 Å². The summed E-state index contributed by atoms with van der Waals surface area (Å²) in [5.41, 5.74) is -2.06. The van der Waals surface area contributed by atoms with Crippen LogP contribution in [0.1, 0.15) is 31.0 Å². The van der Waals surface area contributed by atoms with Crippen LogP contribution in [-0.2, 0) is 45.4 Å². The fraction of sp³-hybridized carbons (Fsp3) is 0.450. The van der Waals surface area contributed by atoms with E-state index in [-0.39, 0.29) is 23.8 Å². The molecule has 0 amide bonds. The van der Waals surface area contributed by atoms with Gasteiger partial charge in [0.25, 0.3) is 0 Å². The van der Waals surface area contributed by atoms with Crippen LogP contribution >= 0.6 is 0 Å². The third kappa shape index (κ3) is 4.86. The van der Waals surface area contributed by atoms with Gasteiger partial charge in [0.1, 0.15) is 5.69 Å². The lowest BCUT2D eigenvalue weighted by molar-refractivity contribution is -0.138. The third-order valence-electron chi connectivity index (χ3n) is 5.48. The monoisotopic (exact) mass is 541 g/mol. The van der Waals surface area contributed by atoms with E-state index in [1.54, 1.807) is 6.92 Å². The number of benzene rings is 1. The lowest BCUT2D eigenvalue weighted by Crippen LogP contribution is -2.45. The van der Waals surface area contributed by atoms with Crippen molar-refractivity contribution in [3.8, 4) is 0 Å². The first-order valence-corrected chi connectivity index (χ1v) is 15.1. The Kier molecular flexibility index (Phi) is 6.70. The number of hydrogen-bond donors (Lipinski definition) is 0. The molecule has 0 aliphatic carbocycles. The Morgan fingerprint density at radius 1 is 1.00 bits per heavy atom. The Hall–Kier alpha value is -2.03. The predicted molar refractivity (Wildman–Crippen MR) is 115 cm³/mol. The average Bonchev–Trinajstić information content (AvgIpc) is 2.71. The standard InChI is InChI=1S/C20H22F3NO7S3/c1-13-7-8-31-19(11-13,34(29,30)16-6-4-5-15(10-16)32(2,25)26)18-17(33(3,27)28)9-14(12-24-18)20(21,22)23/h4-6,9-10,12-13H,7-8,11H2,1-3H3. The van der Waals surface area contributed by atoms with E-state index in [0.717, 1.165) is 18.4 Å². The van der Waals surface area contributed by atoms with Gasteiger partial charge in [-0.1, -0.05) is 13.0 Å².